The van der Waals surface area contributed by atoms with Crippen molar-refractivity contribution in [1.82, 2.24) is 0 Å². The van der Waals surface area contributed by atoms with E-state index in [4.69, 9.17) is 0 Å². The van der Waals surface area contributed by atoms with Gasteiger partial charge in [0.15, 0.2) is 0 Å². The molecular formula is C18H24CrN2. The molecule has 0 spiro atoms. The summed E-state index contributed by atoms with van der Waals surface area (Å²) in [4.78, 5) is 4.12. The van der Waals surface area contributed by atoms with Gasteiger partial charge in [0.05, 0.1) is 0 Å². The maximum Gasteiger partial charge on any atom is 2.00 e. The van der Waals surface area contributed by atoms with Crippen LogP contribution in [0, 0.1) is 13.8 Å². The maximum atomic E-state index is 3.90. The van der Waals surface area contributed by atoms with Crippen molar-refractivity contribution in [1.29, 1.82) is 0 Å². The van der Waals surface area contributed by atoms with E-state index in [-0.39, 0.29) is 17.4 Å². The first kappa shape index (κ1) is 19.3. The quantitative estimate of drug-likeness (QED) is 0.775. The summed E-state index contributed by atoms with van der Waals surface area (Å²) in [6.07, 6.45) is 0. The normalized spacial score (nSPS) is 8.95. The van der Waals surface area contributed by atoms with E-state index in [0.29, 0.717) is 0 Å². The molecule has 2 aromatic rings. The Morgan fingerprint density at radius 1 is 0.619 bits per heavy atom. The molecule has 0 saturated heterocycles. The third-order valence-electron chi connectivity index (χ3n) is 2.95. The zero-order valence-corrected chi connectivity index (χ0v) is 14.6. The van der Waals surface area contributed by atoms with Crippen molar-refractivity contribution in [2.45, 2.75) is 0 Å². The fourth-order valence-electron chi connectivity index (χ4n) is 1.89. The monoisotopic (exact) mass is 320 g/mol. The van der Waals surface area contributed by atoms with Gasteiger partial charge in [-0.05, 0) is 28.2 Å². The third-order valence-corrected chi connectivity index (χ3v) is 2.95. The number of nitrogens with zero attached hydrogens (tertiary/aromatic N) is 2. The molecule has 0 amide bonds. The van der Waals surface area contributed by atoms with Gasteiger partial charge in [-0.15, -0.1) is 12.1 Å². The standard InChI is InChI=1S/2C9H12N.Cr/c2*1-8-6-4-5-7-9(8)10(2)3;/h2*4-7H,1H2,2-3H3;/q2*-1;+2. The van der Waals surface area contributed by atoms with E-state index in [1.54, 1.807) is 0 Å². The van der Waals surface area contributed by atoms with E-state index in [1.807, 2.05) is 64.6 Å². The minimum Gasteiger partial charge on any atom is -0.428 e. The predicted molar refractivity (Wildman–Crippen MR) is 90.5 cm³/mol. The van der Waals surface area contributed by atoms with Crippen molar-refractivity contribution in [2.75, 3.05) is 38.0 Å². The molecule has 0 N–H and O–H groups in total. The molecule has 0 aliphatic rings. The second-order valence-electron chi connectivity index (χ2n) is 5.05. The molecule has 0 atom stereocenters. The fourth-order valence-corrected chi connectivity index (χ4v) is 1.89. The summed E-state index contributed by atoms with van der Waals surface area (Å²) in [5.41, 5.74) is 4.52. The molecule has 0 aliphatic heterocycles. The molecule has 2 nitrogen and oxygen atoms in total. The van der Waals surface area contributed by atoms with Crippen LogP contribution in [0.25, 0.3) is 0 Å². The molecule has 0 aromatic heterocycles. The summed E-state index contributed by atoms with van der Waals surface area (Å²) in [5.74, 6) is 0. The molecule has 0 fully saturated rings. The molecule has 21 heavy (non-hydrogen) atoms. The number of hydrogen-bond acceptors (Lipinski definition) is 2. The molecule has 112 valence electrons. The van der Waals surface area contributed by atoms with Crippen LogP contribution in [0.3, 0.4) is 0 Å². The van der Waals surface area contributed by atoms with Crippen LogP contribution in [0.5, 0.6) is 0 Å². The number of rotatable bonds is 2. The van der Waals surface area contributed by atoms with Crippen LogP contribution in [0.15, 0.2) is 48.5 Å². The number of hydrogen-bond donors (Lipinski definition) is 0. The second-order valence-corrected chi connectivity index (χ2v) is 5.05. The van der Waals surface area contributed by atoms with E-state index < -0.39 is 0 Å². The first-order valence-electron chi connectivity index (χ1n) is 6.60. The Kier molecular flexibility index (Phi) is 8.54. The topological polar surface area (TPSA) is 6.48 Å². The number of benzene rings is 2. The van der Waals surface area contributed by atoms with Gasteiger partial charge in [0.25, 0.3) is 0 Å². The largest absolute Gasteiger partial charge is 2.00 e. The van der Waals surface area contributed by atoms with E-state index in [0.717, 1.165) is 11.1 Å². The summed E-state index contributed by atoms with van der Waals surface area (Å²) < 4.78 is 0. The molecule has 2 aromatic carbocycles. The Balaban J connectivity index is 0.000000364. The molecule has 0 unspecified atom stereocenters. The Morgan fingerprint density at radius 2 is 0.905 bits per heavy atom. The summed E-state index contributed by atoms with van der Waals surface area (Å²) in [6, 6.07) is 16.2. The average molecular weight is 320 g/mol. The predicted octanol–water partition coefficient (Wildman–Crippen LogP) is 3.87. The van der Waals surface area contributed by atoms with Gasteiger partial charge in [-0.3, -0.25) is 0 Å². The van der Waals surface area contributed by atoms with Crippen molar-refractivity contribution >= 4 is 11.4 Å². The van der Waals surface area contributed by atoms with E-state index in [2.05, 4.69) is 35.8 Å². The minimum atomic E-state index is 0. The summed E-state index contributed by atoms with van der Waals surface area (Å²) in [7, 11) is 8.07. The van der Waals surface area contributed by atoms with Gasteiger partial charge in [-0.1, -0.05) is 35.6 Å². The minimum absolute atomic E-state index is 0. The van der Waals surface area contributed by atoms with Gasteiger partial charge < -0.3 is 9.80 Å². The van der Waals surface area contributed by atoms with Crippen LogP contribution in [0.1, 0.15) is 11.1 Å². The van der Waals surface area contributed by atoms with Crippen molar-refractivity contribution in [3.63, 3.8) is 0 Å². The zero-order chi connectivity index (χ0) is 15.1. The zero-order valence-electron chi connectivity index (χ0n) is 13.3. The molecule has 0 radical (unpaired) electrons. The maximum absolute atomic E-state index is 3.90. The van der Waals surface area contributed by atoms with Crippen molar-refractivity contribution in [3.8, 4) is 0 Å². The molecule has 3 heteroatoms. The Labute approximate surface area is 140 Å². The SMILES string of the molecule is [CH2-]c1ccccc1N(C)C.[CH2-]c1ccccc1N(C)C.[Cr+2]. The van der Waals surface area contributed by atoms with E-state index >= 15 is 0 Å². The third kappa shape index (κ3) is 6.08. The smallest absolute Gasteiger partial charge is 0.428 e. The summed E-state index contributed by atoms with van der Waals surface area (Å²) >= 11 is 0. The molecule has 0 bridgehead atoms. The van der Waals surface area contributed by atoms with Gasteiger partial charge >= 0.3 is 17.4 Å². The first-order chi connectivity index (χ1) is 9.43. The van der Waals surface area contributed by atoms with Gasteiger partial charge in [0.2, 0.25) is 0 Å². The van der Waals surface area contributed by atoms with Crippen LogP contribution in [-0.2, 0) is 17.4 Å². The van der Waals surface area contributed by atoms with Crippen molar-refractivity contribution in [3.05, 3.63) is 73.5 Å². The first-order valence-corrected chi connectivity index (χ1v) is 6.60. The molecule has 0 heterocycles. The van der Waals surface area contributed by atoms with Crippen molar-refractivity contribution in [2.24, 2.45) is 0 Å². The van der Waals surface area contributed by atoms with Crippen LogP contribution >= 0.6 is 0 Å². The molecule has 2 rings (SSSR count). The van der Waals surface area contributed by atoms with Crippen LogP contribution in [-0.4, -0.2) is 28.2 Å². The number of para-hydroxylation sites is 2. The average Bonchev–Trinajstić information content (AvgIpc) is 2.40. The van der Waals surface area contributed by atoms with Crippen LogP contribution < -0.4 is 9.80 Å². The summed E-state index contributed by atoms with van der Waals surface area (Å²) in [6.45, 7) is 7.80. The Bertz CT molecular complexity index is 487. The molecule has 0 aliphatic carbocycles. The molecular weight excluding hydrogens is 296 g/mol. The summed E-state index contributed by atoms with van der Waals surface area (Å²) in [5, 5.41) is 0. The fraction of sp³-hybridized carbons (Fsp3) is 0.222. The Hall–Kier alpha value is -1.69. The van der Waals surface area contributed by atoms with Gasteiger partial charge in [0, 0.05) is 0 Å². The second kappa shape index (κ2) is 9.29. The van der Waals surface area contributed by atoms with Crippen molar-refractivity contribution < 1.29 is 17.4 Å². The van der Waals surface area contributed by atoms with Gasteiger partial charge in [-0.25, -0.2) is 0 Å². The van der Waals surface area contributed by atoms with Crippen LogP contribution in [0.2, 0.25) is 0 Å². The van der Waals surface area contributed by atoms with Gasteiger partial charge in [0.1, 0.15) is 0 Å². The Morgan fingerprint density at radius 3 is 1.10 bits per heavy atom. The van der Waals surface area contributed by atoms with Crippen LogP contribution in [0.4, 0.5) is 11.4 Å². The number of anilines is 2. The molecule has 0 saturated carbocycles. The van der Waals surface area contributed by atoms with Gasteiger partial charge in [-0.2, -0.15) is 37.1 Å². The van der Waals surface area contributed by atoms with E-state index in [9.17, 15) is 0 Å². The van der Waals surface area contributed by atoms with E-state index in [1.165, 1.54) is 11.4 Å².